The van der Waals surface area contributed by atoms with Crippen LogP contribution in [0.2, 0.25) is 0 Å². The molecule has 0 aliphatic carbocycles. The molecule has 0 saturated carbocycles. The summed E-state index contributed by atoms with van der Waals surface area (Å²) in [5.41, 5.74) is 6.51. The number of hydrogen-bond acceptors (Lipinski definition) is 4. The van der Waals surface area contributed by atoms with Crippen molar-refractivity contribution in [2.75, 3.05) is 13.7 Å². The Bertz CT molecular complexity index is 1340. The lowest BCUT2D eigenvalue weighted by Gasteiger charge is -2.12. The van der Waals surface area contributed by atoms with E-state index < -0.39 is 0 Å². The van der Waals surface area contributed by atoms with Crippen LogP contribution in [0.4, 0.5) is 0 Å². The second-order valence-electron chi connectivity index (χ2n) is 8.60. The van der Waals surface area contributed by atoms with Gasteiger partial charge in [-0.05, 0) is 66.3 Å². The number of rotatable bonds is 10. The van der Waals surface area contributed by atoms with Crippen LogP contribution in [-0.2, 0) is 11.3 Å². The van der Waals surface area contributed by atoms with Crippen molar-refractivity contribution in [3.05, 3.63) is 108 Å². The fourth-order valence-corrected chi connectivity index (χ4v) is 4.06. The van der Waals surface area contributed by atoms with Crippen LogP contribution < -0.4 is 10.1 Å². The number of nitrogens with zero attached hydrogens (tertiary/aromatic N) is 2. The summed E-state index contributed by atoms with van der Waals surface area (Å²) in [4.78, 5) is 17.4. The van der Waals surface area contributed by atoms with Gasteiger partial charge in [-0.3, -0.25) is 4.79 Å². The summed E-state index contributed by atoms with van der Waals surface area (Å²) in [6.07, 6.45) is 6.51. The maximum Gasteiger partial charge on any atom is 0.247 e. The van der Waals surface area contributed by atoms with E-state index in [9.17, 15) is 9.90 Å². The fraction of sp³-hybridized carbons (Fsp3) is 0.200. The normalized spacial score (nSPS) is 11.4. The number of benzene rings is 3. The van der Waals surface area contributed by atoms with Crippen LogP contribution in [-0.4, -0.2) is 34.3 Å². The van der Waals surface area contributed by atoms with Gasteiger partial charge in [0.05, 0.1) is 24.8 Å². The Balaban J connectivity index is 1.52. The molecular formula is C30H31N3O3. The third-order valence-corrected chi connectivity index (χ3v) is 5.92. The van der Waals surface area contributed by atoms with Crippen molar-refractivity contribution in [1.82, 2.24) is 14.9 Å². The summed E-state index contributed by atoms with van der Waals surface area (Å²) < 4.78 is 7.51. The summed E-state index contributed by atoms with van der Waals surface area (Å²) in [6.45, 7) is 2.37. The van der Waals surface area contributed by atoms with Gasteiger partial charge >= 0.3 is 0 Å². The number of aryl methyl sites for hydroxylation is 1. The number of amides is 1. The van der Waals surface area contributed by atoms with E-state index >= 15 is 0 Å². The molecule has 0 aliphatic rings. The highest BCUT2D eigenvalue weighted by molar-refractivity contribution is 5.97. The molecule has 4 aromatic rings. The number of nitrogens with one attached hydrogen (secondary N) is 1. The molecule has 3 aromatic carbocycles. The van der Waals surface area contributed by atoms with Gasteiger partial charge in [-0.15, -0.1) is 0 Å². The van der Waals surface area contributed by atoms with Crippen LogP contribution in [0.25, 0.3) is 22.9 Å². The van der Waals surface area contributed by atoms with Crippen LogP contribution in [0.3, 0.4) is 0 Å². The smallest absolute Gasteiger partial charge is 0.247 e. The molecule has 6 nitrogen and oxygen atoms in total. The Labute approximate surface area is 211 Å². The zero-order valence-corrected chi connectivity index (χ0v) is 20.6. The molecule has 0 fully saturated rings. The second-order valence-corrected chi connectivity index (χ2v) is 8.60. The Morgan fingerprint density at radius 3 is 2.58 bits per heavy atom. The van der Waals surface area contributed by atoms with E-state index in [1.807, 2.05) is 72.3 Å². The molecule has 4 rings (SSSR count). The minimum Gasteiger partial charge on any atom is -0.495 e. The van der Waals surface area contributed by atoms with E-state index in [2.05, 4.69) is 34.6 Å². The van der Waals surface area contributed by atoms with Gasteiger partial charge in [-0.2, -0.15) is 0 Å². The van der Waals surface area contributed by atoms with Crippen molar-refractivity contribution in [3.8, 4) is 22.6 Å². The lowest BCUT2D eigenvalue weighted by Crippen LogP contribution is -2.24. The highest BCUT2D eigenvalue weighted by Gasteiger charge is 2.12. The van der Waals surface area contributed by atoms with Crippen molar-refractivity contribution in [2.24, 2.45) is 0 Å². The number of methoxy groups -OCH3 is 1. The Kier molecular flexibility index (Phi) is 8.32. The van der Waals surface area contributed by atoms with Gasteiger partial charge in [0.1, 0.15) is 5.75 Å². The van der Waals surface area contributed by atoms with Gasteiger partial charge in [0.2, 0.25) is 5.91 Å². The van der Waals surface area contributed by atoms with Gasteiger partial charge in [0.25, 0.3) is 0 Å². The highest BCUT2D eigenvalue weighted by Crippen LogP contribution is 2.26. The van der Waals surface area contributed by atoms with E-state index in [4.69, 9.17) is 4.74 Å². The fourth-order valence-electron chi connectivity index (χ4n) is 4.06. The summed E-state index contributed by atoms with van der Waals surface area (Å²) in [7, 11) is 1.62. The van der Waals surface area contributed by atoms with Gasteiger partial charge in [-0.25, -0.2) is 4.98 Å². The Morgan fingerprint density at radius 1 is 1.06 bits per heavy atom. The zero-order valence-electron chi connectivity index (χ0n) is 20.6. The molecule has 0 unspecified atom stereocenters. The summed E-state index contributed by atoms with van der Waals surface area (Å²) in [6, 6.07) is 24.1. The number of imidazole rings is 1. The van der Waals surface area contributed by atoms with Crippen LogP contribution in [0.1, 0.15) is 29.7 Å². The minimum absolute atomic E-state index is 0.0198. The number of hydrogen-bond donors (Lipinski definition) is 2. The Morgan fingerprint density at radius 2 is 1.86 bits per heavy atom. The number of carbonyl (C=O) groups is 1. The number of aromatic nitrogens is 2. The molecule has 0 bridgehead atoms. The molecule has 184 valence electrons. The van der Waals surface area contributed by atoms with Crippen LogP contribution in [0, 0.1) is 6.92 Å². The average Bonchev–Trinajstić information content (AvgIpc) is 3.36. The minimum atomic E-state index is -0.151. The third-order valence-electron chi connectivity index (χ3n) is 5.92. The van der Waals surface area contributed by atoms with Crippen LogP contribution in [0.15, 0.2) is 90.9 Å². The number of ether oxygens (including phenoxy) is 1. The summed E-state index contributed by atoms with van der Waals surface area (Å²) in [5.74, 6) is 0.530. The topological polar surface area (TPSA) is 76.4 Å². The SMILES string of the molecule is COc1cc(C=C(CCCO)C(=O)NCc2cccc(-c3ccccc3)c2)ccc1-n1cnc(C)c1. The maximum absolute atomic E-state index is 13.1. The highest BCUT2D eigenvalue weighted by atomic mass is 16.5. The number of carbonyl (C=O) groups excluding carboxylic acids is 1. The lowest BCUT2D eigenvalue weighted by atomic mass is 10.0. The average molecular weight is 482 g/mol. The lowest BCUT2D eigenvalue weighted by molar-refractivity contribution is -0.117. The molecule has 1 aromatic heterocycles. The van der Waals surface area contributed by atoms with E-state index in [1.165, 1.54) is 0 Å². The number of aliphatic hydroxyl groups is 1. The molecule has 1 amide bonds. The third kappa shape index (κ3) is 6.29. The van der Waals surface area contributed by atoms with Gasteiger partial charge in [0.15, 0.2) is 0 Å². The van der Waals surface area contributed by atoms with Crippen molar-refractivity contribution in [1.29, 1.82) is 0 Å². The molecule has 1 heterocycles. The largest absolute Gasteiger partial charge is 0.495 e. The molecule has 0 aliphatic heterocycles. The molecule has 36 heavy (non-hydrogen) atoms. The first-order valence-corrected chi connectivity index (χ1v) is 12.0. The molecule has 6 heteroatoms. The number of aliphatic hydroxyl groups excluding tert-OH is 1. The van der Waals surface area contributed by atoms with Gasteiger partial charge < -0.3 is 19.7 Å². The molecule has 2 N–H and O–H groups in total. The first-order chi connectivity index (χ1) is 17.6. The first-order valence-electron chi connectivity index (χ1n) is 12.0. The van der Waals surface area contributed by atoms with E-state index in [1.54, 1.807) is 13.4 Å². The standard InChI is InChI=1S/C30H31N3O3/c1-22-20-33(21-32-22)28-14-13-23(18-29(28)36-2)16-27(12-7-15-34)30(35)31-19-24-8-6-11-26(17-24)25-9-4-3-5-10-25/h3-6,8-11,13-14,16-18,20-21,34H,7,12,15,19H2,1-2H3,(H,31,35). The monoisotopic (exact) mass is 481 g/mol. The van der Waals surface area contributed by atoms with Crippen LogP contribution >= 0.6 is 0 Å². The predicted octanol–water partition coefficient (Wildman–Crippen LogP) is 5.33. The van der Waals surface area contributed by atoms with Crippen molar-refractivity contribution >= 4 is 12.0 Å². The first kappa shape index (κ1) is 24.9. The summed E-state index contributed by atoms with van der Waals surface area (Å²) >= 11 is 0. The van der Waals surface area contributed by atoms with Gasteiger partial charge in [0, 0.05) is 24.9 Å². The van der Waals surface area contributed by atoms with Crippen LogP contribution in [0.5, 0.6) is 5.75 Å². The molecule has 0 atom stereocenters. The second kappa shape index (κ2) is 12.0. The van der Waals surface area contributed by atoms with E-state index in [-0.39, 0.29) is 12.5 Å². The summed E-state index contributed by atoms with van der Waals surface area (Å²) in [5, 5.41) is 12.4. The molecule has 0 radical (unpaired) electrons. The molecular weight excluding hydrogens is 450 g/mol. The quantitative estimate of drug-likeness (QED) is 0.300. The molecule has 0 spiro atoms. The Hall–Kier alpha value is -4.16. The van der Waals surface area contributed by atoms with Crippen molar-refractivity contribution in [2.45, 2.75) is 26.3 Å². The van der Waals surface area contributed by atoms with Crippen molar-refractivity contribution < 1.29 is 14.6 Å². The van der Waals surface area contributed by atoms with Gasteiger partial charge in [-0.1, -0.05) is 54.6 Å². The van der Waals surface area contributed by atoms with Crippen molar-refractivity contribution in [3.63, 3.8) is 0 Å². The zero-order chi connectivity index (χ0) is 25.3. The predicted molar refractivity (Wildman–Crippen MR) is 143 cm³/mol. The maximum atomic E-state index is 13.1. The molecule has 0 saturated heterocycles. The van der Waals surface area contributed by atoms with E-state index in [0.29, 0.717) is 30.7 Å². The van der Waals surface area contributed by atoms with E-state index in [0.717, 1.165) is 33.6 Å².